The van der Waals surface area contributed by atoms with Gasteiger partial charge in [-0.2, -0.15) is 5.10 Å². The first-order chi connectivity index (χ1) is 9.31. The van der Waals surface area contributed by atoms with Crippen LogP contribution < -0.4 is 4.74 Å². The van der Waals surface area contributed by atoms with Crippen molar-refractivity contribution in [2.24, 2.45) is 7.05 Å². The Bertz CT molecular complexity index is 657. The van der Waals surface area contributed by atoms with Gasteiger partial charge >= 0.3 is 0 Å². The molecule has 3 heteroatoms. The standard InChI is InChI=1S/C16H14N2O/c1-18-12-11-16(17-18)13-7-9-15(10-8-13)19-14-5-3-2-4-6-14/h2-12H,1H3. The van der Waals surface area contributed by atoms with Gasteiger partial charge < -0.3 is 4.74 Å². The minimum atomic E-state index is 0.825. The summed E-state index contributed by atoms with van der Waals surface area (Å²) in [6, 6.07) is 19.7. The van der Waals surface area contributed by atoms with Gasteiger partial charge in [0.05, 0.1) is 5.69 Å². The molecule has 2 aromatic carbocycles. The number of aromatic nitrogens is 2. The maximum absolute atomic E-state index is 5.75. The number of nitrogens with zero attached hydrogens (tertiary/aromatic N) is 2. The molecule has 0 aliphatic rings. The van der Waals surface area contributed by atoms with Crippen molar-refractivity contribution in [3.8, 4) is 22.8 Å². The fourth-order valence-corrected chi connectivity index (χ4v) is 1.89. The number of para-hydroxylation sites is 1. The van der Waals surface area contributed by atoms with E-state index >= 15 is 0 Å². The molecule has 0 spiro atoms. The number of rotatable bonds is 3. The lowest BCUT2D eigenvalue weighted by Gasteiger charge is -2.05. The number of aryl methyl sites for hydroxylation is 1. The van der Waals surface area contributed by atoms with Crippen molar-refractivity contribution in [2.75, 3.05) is 0 Å². The van der Waals surface area contributed by atoms with E-state index in [0.717, 1.165) is 22.8 Å². The highest BCUT2D eigenvalue weighted by Gasteiger charge is 2.02. The summed E-state index contributed by atoms with van der Waals surface area (Å²) in [6.45, 7) is 0. The summed E-state index contributed by atoms with van der Waals surface area (Å²) in [5.41, 5.74) is 2.05. The summed E-state index contributed by atoms with van der Waals surface area (Å²) in [7, 11) is 1.91. The zero-order chi connectivity index (χ0) is 13.1. The first-order valence-electron chi connectivity index (χ1n) is 6.14. The average molecular weight is 250 g/mol. The molecule has 3 aromatic rings. The molecular weight excluding hydrogens is 236 g/mol. The summed E-state index contributed by atoms with van der Waals surface area (Å²) in [6.07, 6.45) is 1.93. The third-order valence-corrected chi connectivity index (χ3v) is 2.84. The van der Waals surface area contributed by atoms with Crippen LogP contribution in [0.25, 0.3) is 11.3 Å². The van der Waals surface area contributed by atoms with Crippen LogP contribution in [0.3, 0.4) is 0 Å². The highest BCUT2D eigenvalue weighted by molar-refractivity contribution is 5.59. The second-order valence-electron chi connectivity index (χ2n) is 4.31. The monoisotopic (exact) mass is 250 g/mol. The quantitative estimate of drug-likeness (QED) is 0.705. The van der Waals surface area contributed by atoms with Crippen molar-refractivity contribution < 1.29 is 4.74 Å². The van der Waals surface area contributed by atoms with E-state index in [-0.39, 0.29) is 0 Å². The second kappa shape index (κ2) is 4.98. The third kappa shape index (κ3) is 2.65. The minimum absolute atomic E-state index is 0.825. The van der Waals surface area contributed by atoms with Crippen molar-refractivity contribution in [3.63, 3.8) is 0 Å². The van der Waals surface area contributed by atoms with Gasteiger partial charge in [-0.25, -0.2) is 0 Å². The Labute approximate surface area is 112 Å². The molecule has 3 nitrogen and oxygen atoms in total. The molecule has 0 aliphatic heterocycles. The second-order valence-corrected chi connectivity index (χ2v) is 4.31. The van der Waals surface area contributed by atoms with E-state index < -0.39 is 0 Å². The minimum Gasteiger partial charge on any atom is -0.457 e. The van der Waals surface area contributed by atoms with Gasteiger partial charge in [-0.3, -0.25) is 4.68 Å². The summed E-state index contributed by atoms with van der Waals surface area (Å²) in [4.78, 5) is 0. The average Bonchev–Trinajstić information content (AvgIpc) is 2.87. The molecule has 0 N–H and O–H groups in total. The molecule has 0 unspecified atom stereocenters. The van der Waals surface area contributed by atoms with Gasteiger partial charge in [0, 0.05) is 18.8 Å². The molecule has 94 valence electrons. The van der Waals surface area contributed by atoms with Gasteiger partial charge in [-0.15, -0.1) is 0 Å². The zero-order valence-electron chi connectivity index (χ0n) is 10.7. The molecule has 3 rings (SSSR count). The summed E-state index contributed by atoms with van der Waals surface area (Å²) >= 11 is 0. The van der Waals surface area contributed by atoms with Crippen molar-refractivity contribution in [1.29, 1.82) is 0 Å². The lowest BCUT2D eigenvalue weighted by Crippen LogP contribution is -1.88. The lowest BCUT2D eigenvalue weighted by molar-refractivity contribution is 0.483. The summed E-state index contributed by atoms with van der Waals surface area (Å²) < 4.78 is 7.54. The van der Waals surface area contributed by atoms with Crippen LogP contribution in [-0.4, -0.2) is 9.78 Å². The van der Waals surface area contributed by atoms with E-state index in [1.165, 1.54) is 0 Å². The summed E-state index contributed by atoms with van der Waals surface area (Å²) in [5, 5.41) is 4.37. The Kier molecular flexibility index (Phi) is 3.02. The fourth-order valence-electron chi connectivity index (χ4n) is 1.89. The number of hydrogen-bond acceptors (Lipinski definition) is 2. The third-order valence-electron chi connectivity index (χ3n) is 2.84. The molecule has 0 atom stereocenters. The molecule has 0 saturated heterocycles. The molecule has 0 radical (unpaired) electrons. The van der Waals surface area contributed by atoms with Crippen LogP contribution in [0.1, 0.15) is 0 Å². The molecule has 0 fully saturated rings. The van der Waals surface area contributed by atoms with E-state index in [1.54, 1.807) is 4.68 Å². The van der Waals surface area contributed by atoms with Crippen molar-refractivity contribution in [3.05, 3.63) is 66.9 Å². The van der Waals surface area contributed by atoms with Gasteiger partial charge in [0.25, 0.3) is 0 Å². The lowest BCUT2D eigenvalue weighted by atomic mass is 10.1. The molecular formula is C16H14N2O. The predicted octanol–water partition coefficient (Wildman–Crippen LogP) is 3.88. The predicted molar refractivity (Wildman–Crippen MR) is 75.2 cm³/mol. The molecule has 0 amide bonds. The Hall–Kier alpha value is -2.55. The summed E-state index contributed by atoms with van der Waals surface area (Å²) in [5.74, 6) is 1.67. The van der Waals surface area contributed by atoms with Crippen molar-refractivity contribution in [2.45, 2.75) is 0 Å². The highest BCUT2D eigenvalue weighted by Crippen LogP contribution is 2.24. The van der Waals surface area contributed by atoms with Gasteiger partial charge in [0.1, 0.15) is 11.5 Å². The van der Waals surface area contributed by atoms with Gasteiger partial charge in [-0.05, 0) is 42.5 Å². The Morgan fingerprint density at radius 1 is 0.842 bits per heavy atom. The Morgan fingerprint density at radius 2 is 1.53 bits per heavy atom. The van der Waals surface area contributed by atoms with E-state index in [9.17, 15) is 0 Å². The first-order valence-corrected chi connectivity index (χ1v) is 6.14. The molecule has 19 heavy (non-hydrogen) atoms. The van der Waals surface area contributed by atoms with E-state index in [0.29, 0.717) is 0 Å². The maximum atomic E-state index is 5.75. The maximum Gasteiger partial charge on any atom is 0.127 e. The van der Waals surface area contributed by atoms with Gasteiger partial charge in [0.2, 0.25) is 0 Å². The number of hydrogen-bond donors (Lipinski definition) is 0. The molecule has 1 heterocycles. The largest absolute Gasteiger partial charge is 0.457 e. The van der Waals surface area contributed by atoms with Crippen molar-refractivity contribution >= 4 is 0 Å². The van der Waals surface area contributed by atoms with E-state index in [1.807, 2.05) is 73.9 Å². The normalized spacial score (nSPS) is 10.4. The van der Waals surface area contributed by atoms with Crippen LogP contribution in [0.2, 0.25) is 0 Å². The van der Waals surface area contributed by atoms with Crippen LogP contribution >= 0.6 is 0 Å². The Balaban J connectivity index is 1.79. The van der Waals surface area contributed by atoms with Crippen LogP contribution in [0, 0.1) is 0 Å². The van der Waals surface area contributed by atoms with Crippen LogP contribution in [-0.2, 0) is 7.05 Å². The SMILES string of the molecule is Cn1ccc(-c2ccc(Oc3ccccc3)cc2)n1. The van der Waals surface area contributed by atoms with Crippen LogP contribution in [0.5, 0.6) is 11.5 Å². The van der Waals surface area contributed by atoms with Gasteiger partial charge in [-0.1, -0.05) is 18.2 Å². The molecule has 0 aliphatic carbocycles. The van der Waals surface area contributed by atoms with Crippen LogP contribution in [0.4, 0.5) is 0 Å². The van der Waals surface area contributed by atoms with Gasteiger partial charge in [0.15, 0.2) is 0 Å². The van der Waals surface area contributed by atoms with Crippen molar-refractivity contribution in [1.82, 2.24) is 9.78 Å². The fraction of sp³-hybridized carbons (Fsp3) is 0.0625. The number of ether oxygens (including phenoxy) is 1. The van der Waals surface area contributed by atoms with E-state index in [2.05, 4.69) is 5.10 Å². The number of benzene rings is 2. The van der Waals surface area contributed by atoms with Crippen LogP contribution in [0.15, 0.2) is 66.9 Å². The molecule has 0 bridgehead atoms. The topological polar surface area (TPSA) is 27.1 Å². The zero-order valence-corrected chi connectivity index (χ0v) is 10.7. The molecule has 0 saturated carbocycles. The van der Waals surface area contributed by atoms with E-state index in [4.69, 9.17) is 4.74 Å². The first kappa shape index (κ1) is 11.5. The smallest absolute Gasteiger partial charge is 0.127 e. The molecule has 1 aromatic heterocycles. The highest BCUT2D eigenvalue weighted by atomic mass is 16.5. The Morgan fingerprint density at radius 3 is 2.16 bits per heavy atom.